The average molecular weight is 513 g/mol. The highest BCUT2D eigenvalue weighted by molar-refractivity contribution is 6.43. The Morgan fingerprint density at radius 1 is 0.919 bits per heavy atom. The summed E-state index contributed by atoms with van der Waals surface area (Å²) in [7, 11) is -0.532. The van der Waals surface area contributed by atoms with Crippen molar-refractivity contribution in [1.82, 2.24) is 5.32 Å². The predicted molar refractivity (Wildman–Crippen MR) is 133 cm³/mol. The molecule has 3 N–H and O–H groups in total. The van der Waals surface area contributed by atoms with E-state index in [9.17, 15) is 32.8 Å². The van der Waals surface area contributed by atoms with E-state index in [1.807, 2.05) is 6.07 Å². The number of methoxy groups -OCH3 is 1. The van der Waals surface area contributed by atoms with Crippen molar-refractivity contribution in [3.05, 3.63) is 101 Å². The van der Waals surface area contributed by atoms with E-state index in [1.165, 1.54) is 19.2 Å². The van der Waals surface area contributed by atoms with Gasteiger partial charge in [-0.15, -0.1) is 0 Å². The molecule has 0 aliphatic heterocycles. The molecule has 0 spiro atoms. The molecule has 3 rings (SSSR count). The van der Waals surface area contributed by atoms with E-state index < -0.39 is 36.6 Å². The summed E-state index contributed by atoms with van der Waals surface area (Å²) in [5, 5.41) is 22.3. The van der Waals surface area contributed by atoms with Crippen LogP contribution in [0.15, 0.2) is 78.9 Å². The van der Waals surface area contributed by atoms with Crippen molar-refractivity contribution in [2.75, 3.05) is 7.11 Å². The van der Waals surface area contributed by atoms with E-state index in [0.717, 1.165) is 17.7 Å². The van der Waals surface area contributed by atoms with Crippen LogP contribution in [0.3, 0.4) is 0 Å². The number of carbonyl (C=O) groups is 2. The summed E-state index contributed by atoms with van der Waals surface area (Å²) in [5.41, 5.74) is 0.468. The number of halogens is 3. The molecule has 0 aliphatic rings. The molecule has 0 bridgehead atoms. The number of alkyl halides is 3. The van der Waals surface area contributed by atoms with Crippen molar-refractivity contribution in [3.63, 3.8) is 0 Å². The van der Waals surface area contributed by atoms with Gasteiger partial charge in [-0.25, -0.2) is 0 Å². The third kappa shape index (κ3) is 8.19. The van der Waals surface area contributed by atoms with Crippen molar-refractivity contribution in [3.8, 4) is 5.75 Å². The Kier molecular flexibility index (Phi) is 9.49. The molecular weight excluding hydrogens is 486 g/mol. The number of carbonyl (C=O) groups excluding carboxylic acids is 2. The number of nitrogens with one attached hydrogen (secondary N) is 1. The lowest BCUT2D eigenvalue weighted by atomic mass is 9.75. The molecule has 0 heterocycles. The van der Waals surface area contributed by atoms with E-state index in [0.29, 0.717) is 11.3 Å². The van der Waals surface area contributed by atoms with Crippen LogP contribution in [-0.4, -0.2) is 41.9 Å². The van der Waals surface area contributed by atoms with Gasteiger partial charge in [0.25, 0.3) is 0 Å². The van der Waals surface area contributed by atoms with Gasteiger partial charge in [-0.2, -0.15) is 13.2 Å². The van der Waals surface area contributed by atoms with Gasteiger partial charge in [0.1, 0.15) is 5.75 Å². The maximum Gasteiger partial charge on any atom is 0.475 e. The minimum Gasteiger partial charge on any atom is -0.497 e. The molecule has 3 aromatic carbocycles. The van der Waals surface area contributed by atoms with Crippen LogP contribution >= 0.6 is 0 Å². The van der Waals surface area contributed by atoms with Crippen molar-refractivity contribution < 1.29 is 37.5 Å². The molecule has 37 heavy (non-hydrogen) atoms. The smallest absolute Gasteiger partial charge is 0.475 e. The fourth-order valence-electron chi connectivity index (χ4n) is 3.93. The molecule has 0 saturated heterocycles. The van der Waals surface area contributed by atoms with Crippen molar-refractivity contribution >= 4 is 18.8 Å². The lowest BCUT2D eigenvalue weighted by Crippen LogP contribution is -2.50. The van der Waals surface area contributed by atoms with Crippen molar-refractivity contribution in [2.45, 2.75) is 31.4 Å². The second-order valence-electron chi connectivity index (χ2n) is 8.67. The molecule has 0 saturated carbocycles. The average Bonchev–Trinajstić information content (AvgIpc) is 2.88. The van der Waals surface area contributed by atoms with Gasteiger partial charge in [-0.3, -0.25) is 9.59 Å². The SMILES string of the molecule is COc1ccc(C(=O)C[C@H](Cc2ccccc2)C(=O)N[C@@H](Cc2cccc(C(F)(F)F)c2)B(O)O)cc1. The first-order valence-electron chi connectivity index (χ1n) is 11.6. The van der Waals surface area contributed by atoms with E-state index in [1.54, 1.807) is 48.5 Å². The predicted octanol–water partition coefficient (Wildman–Crippen LogP) is 3.89. The number of ketones is 1. The molecule has 0 fully saturated rings. The van der Waals surface area contributed by atoms with E-state index in [4.69, 9.17) is 4.74 Å². The number of hydrogen-bond donors (Lipinski definition) is 3. The second kappa shape index (κ2) is 12.6. The van der Waals surface area contributed by atoms with E-state index in [2.05, 4.69) is 5.32 Å². The van der Waals surface area contributed by atoms with Gasteiger partial charge in [0.05, 0.1) is 18.6 Å². The van der Waals surface area contributed by atoms with Gasteiger partial charge in [0.15, 0.2) is 5.78 Å². The van der Waals surface area contributed by atoms with Crippen LogP contribution in [0.2, 0.25) is 0 Å². The van der Waals surface area contributed by atoms with Crippen LogP contribution in [0.4, 0.5) is 13.2 Å². The third-order valence-electron chi connectivity index (χ3n) is 5.94. The van der Waals surface area contributed by atoms with Crippen LogP contribution in [-0.2, 0) is 23.8 Å². The summed E-state index contributed by atoms with van der Waals surface area (Å²) in [6.45, 7) is 0. The molecule has 6 nitrogen and oxygen atoms in total. The second-order valence-corrected chi connectivity index (χ2v) is 8.67. The quantitative estimate of drug-likeness (QED) is 0.267. The van der Waals surface area contributed by atoms with Gasteiger partial charge in [-0.05, 0) is 54.3 Å². The van der Waals surface area contributed by atoms with Gasteiger partial charge >= 0.3 is 13.3 Å². The van der Waals surface area contributed by atoms with Crippen LogP contribution in [0.5, 0.6) is 5.75 Å². The molecule has 0 unspecified atom stereocenters. The van der Waals surface area contributed by atoms with Crippen LogP contribution in [0.25, 0.3) is 0 Å². The zero-order valence-electron chi connectivity index (χ0n) is 20.1. The highest BCUT2D eigenvalue weighted by Gasteiger charge is 2.33. The maximum absolute atomic E-state index is 13.3. The first-order valence-corrected chi connectivity index (χ1v) is 11.6. The lowest BCUT2D eigenvalue weighted by molar-refractivity contribution is -0.137. The zero-order valence-corrected chi connectivity index (χ0v) is 20.1. The standard InChI is InChI=1S/C27H27BF3NO5/c1-37-23-12-10-20(11-13-23)24(33)17-21(14-18-6-3-2-4-7-18)26(34)32-25(28(35)36)16-19-8-5-9-22(15-19)27(29,30)31/h2-13,15,21,25,35-36H,14,16-17H2,1H3,(H,32,34)/t21-,25-/m0/s1. The molecule has 1 amide bonds. The number of ether oxygens (including phenoxy) is 1. The summed E-state index contributed by atoms with van der Waals surface area (Å²) in [5.74, 6) is -2.48. The Hall–Kier alpha value is -3.63. The molecule has 194 valence electrons. The van der Waals surface area contributed by atoms with Crippen molar-refractivity contribution in [1.29, 1.82) is 0 Å². The fourth-order valence-corrected chi connectivity index (χ4v) is 3.93. The zero-order chi connectivity index (χ0) is 27.0. The lowest BCUT2D eigenvalue weighted by Gasteiger charge is -2.23. The van der Waals surface area contributed by atoms with E-state index >= 15 is 0 Å². The first-order chi connectivity index (χ1) is 17.6. The third-order valence-corrected chi connectivity index (χ3v) is 5.94. The normalized spacial score (nSPS) is 12.9. The molecular formula is C27H27BF3NO5. The molecule has 2 atom stereocenters. The molecule has 0 radical (unpaired) electrons. The Morgan fingerprint density at radius 2 is 1.57 bits per heavy atom. The van der Waals surface area contributed by atoms with E-state index in [-0.39, 0.29) is 30.6 Å². The molecule has 0 aromatic heterocycles. The topological polar surface area (TPSA) is 95.9 Å². The molecule has 3 aromatic rings. The number of amides is 1. The van der Waals surface area contributed by atoms with Crippen LogP contribution in [0.1, 0.15) is 33.5 Å². The fraction of sp³-hybridized carbons (Fsp3) is 0.259. The maximum atomic E-state index is 13.3. The Balaban J connectivity index is 1.79. The van der Waals surface area contributed by atoms with Gasteiger partial charge in [0.2, 0.25) is 5.91 Å². The van der Waals surface area contributed by atoms with Gasteiger partial charge in [0, 0.05) is 17.9 Å². The highest BCUT2D eigenvalue weighted by atomic mass is 19.4. The summed E-state index contributed by atoms with van der Waals surface area (Å²) in [6, 6.07) is 19.9. The number of hydrogen-bond acceptors (Lipinski definition) is 5. The summed E-state index contributed by atoms with van der Waals surface area (Å²) < 4.78 is 44.4. The molecule has 10 heteroatoms. The summed E-state index contributed by atoms with van der Waals surface area (Å²) in [6.07, 6.45) is -4.77. The Labute approximate surface area is 213 Å². The minimum atomic E-state index is -4.56. The number of benzene rings is 3. The number of Topliss-reactive ketones (excluding diaryl/α,β-unsaturated/α-hetero) is 1. The van der Waals surface area contributed by atoms with Gasteiger partial charge in [-0.1, -0.05) is 48.5 Å². The minimum absolute atomic E-state index is 0.162. The van der Waals surface area contributed by atoms with Crippen LogP contribution in [0, 0.1) is 5.92 Å². The monoisotopic (exact) mass is 513 g/mol. The first kappa shape index (κ1) is 28.0. The Morgan fingerprint density at radius 3 is 2.16 bits per heavy atom. The summed E-state index contributed by atoms with van der Waals surface area (Å²) in [4.78, 5) is 26.2. The highest BCUT2D eigenvalue weighted by Crippen LogP contribution is 2.30. The Bertz CT molecular complexity index is 1190. The largest absolute Gasteiger partial charge is 0.497 e. The van der Waals surface area contributed by atoms with Crippen LogP contribution < -0.4 is 10.1 Å². The van der Waals surface area contributed by atoms with Crippen molar-refractivity contribution in [2.24, 2.45) is 5.92 Å². The molecule has 0 aliphatic carbocycles. The summed E-state index contributed by atoms with van der Waals surface area (Å²) >= 11 is 0. The number of rotatable bonds is 11. The van der Waals surface area contributed by atoms with Gasteiger partial charge < -0.3 is 20.1 Å².